The Kier molecular flexibility index (Phi) is 4.39. The lowest BCUT2D eigenvalue weighted by molar-refractivity contribution is -0.124. The number of nitrogens with zero attached hydrogens (tertiary/aromatic N) is 5. The van der Waals surface area contributed by atoms with Crippen LogP contribution in [0.1, 0.15) is 24.8 Å². The Bertz CT molecular complexity index is 1420. The normalized spacial score (nSPS) is 17.0. The number of hydrogen-bond donors (Lipinski definition) is 2. The monoisotopic (exact) mass is 443 g/mol. The van der Waals surface area contributed by atoms with Crippen molar-refractivity contribution in [1.29, 1.82) is 0 Å². The molecule has 11 heteroatoms. The van der Waals surface area contributed by atoms with Gasteiger partial charge in [0.2, 0.25) is 11.9 Å². The highest BCUT2D eigenvalue weighted by molar-refractivity contribution is 6.15. The van der Waals surface area contributed by atoms with E-state index in [1.807, 2.05) is 18.2 Å². The zero-order valence-electron chi connectivity index (χ0n) is 17.2. The molecule has 0 bridgehead atoms. The van der Waals surface area contributed by atoms with Gasteiger partial charge in [-0.25, -0.2) is 0 Å². The minimum Gasteiger partial charge on any atom is -0.423 e. The molecule has 1 aromatic carbocycles. The molecule has 2 N–H and O–H groups in total. The summed E-state index contributed by atoms with van der Waals surface area (Å²) < 4.78 is 12.9. The second-order valence-electron chi connectivity index (χ2n) is 7.78. The van der Waals surface area contributed by atoms with Gasteiger partial charge in [0.1, 0.15) is 5.75 Å². The van der Waals surface area contributed by atoms with Crippen LogP contribution in [0.15, 0.2) is 52.8 Å². The van der Waals surface area contributed by atoms with Crippen LogP contribution in [0.5, 0.6) is 11.8 Å². The number of nitrogens with one attached hydrogen (secondary N) is 2. The lowest BCUT2D eigenvalue weighted by Gasteiger charge is -2.11. The van der Waals surface area contributed by atoms with Crippen LogP contribution in [0.4, 0.5) is 5.95 Å². The number of benzene rings is 1. The number of hydrogen-bond acceptors (Lipinski definition) is 9. The topological polar surface area (TPSA) is 137 Å². The number of anilines is 1. The maximum absolute atomic E-state index is 12.0. The number of para-hydroxylation sites is 1. The van der Waals surface area contributed by atoms with Gasteiger partial charge in [-0.3, -0.25) is 14.9 Å². The first-order chi connectivity index (χ1) is 16.1. The molecule has 11 nitrogen and oxygen atoms in total. The van der Waals surface area contributed by atoms with E-state index in [9.17, 15) is 9.59 Å². The summed E-state index contributed by atoms with van der Waals surface area (Å²) in [5.74, 6) is 0.778. The third kappa shape index (κ3) is 3.69. The maximum Gasteiger partial charge on any atom is 0.327 e. The molecule has 0 unspecified atom stereocenters. The molecule has 2 fully saturated rings. The van der Waals surface area contributed by atoms with Gasteiger partial charge in [0.05, 0.1) is 24.4 Å². The molecule has 4 heterocycles. The highest BCUT2D eigenvalue weighted by atomic mass is 16.5. The van der Waals surface area contributed by atoms with Crippen molar-refractivity contribution < 1.29 is 18.8 Å². The molecule has 0 radical (unpaired) electrons. The first-order valence-electron chi connectivity index (χ1n) is 10.4. The maximum atomic E-state index is 12.0. The average Bonchev–Trinajstić information content (AvgIpc) is 3.17. The summed E-state index contributed by atoms with van der Waals surface area (Å²) in [5.41, 5.74) is 2.07. The van der Waals surface area contributed by atoms with Crippen LogP contribution in [0.25, 0.3) is 23.0 Å². The second-order valence-corrected chi connectivity index (χ2v) is 7.78. The largest absolute Gasteiger partial charge is 0.423 e. The molecule has 33 heavy (non-hydrogen) atoms. The zero-order chi connectivity index (χ0) is 22.4. The van der Waals surface area contributed by atoms with Crippen molar-refractivity contribution >= 4 is 29.5 Å². The minimum absolute atomic E-state index is 0.0162. The number of rotatable bonds is 6. The first-order valence-corrected chi connectivity index (χ1v) is 10.4. The van der Waals surface area contributed by atoms with Crippen molar-refractivity contribution in [2.75, 3.05) is 5.32 Å². The highest BCUT2D eigenvalue weighted by Crippen LogP contribution is 2.33. The quantitative estimate of drug-likeness (QED) is 0.340. The van der Waals surface area contributed by atoms with E-state index in [4.69, 9.17) is 9.26 Å². The van der Waals surface area contributed by atoms with Gasteiger partial charge in [0, 0.05) is 23.2 Å². The van der Waals surface area contributed by atoms with Crippen LogP contribution in [0.2, 0.25) is 0 Å². The standard InChI is InChI=1S/C22H17N7O4/c30-18-10-12(20(31)26-18)9-13-11-23-29-19(13)27-22(28-21(29)25-14-5-6-14)32-16-4-2-1-3-15(16)17-7-8-24-33-17/h1-4,7-9,11,14H,5-6,10H2,(H,25,27,28)(H,26,30,31)/b12-9+. The summed E-state index contributed by atoms with van der Waals surface area (Å²) in [4.78, 5) is 32.7. The molecule has 0 atom stereocenters. The Morgan fingerprint density at radius 1 is 1.18 bits per heavy atom. The van der Waals surface area contributed by atoms with Crippen molar-refractivity contribution in [3.63, 3.8) is 0 Å². The predicted octanol–water partition coefficient (Wildman–Crippen LogP) is 2.58. The Balaban J connectivity index is 1.43. The van der Waals surface area contributed by atoms with Gasteiger partial charge in [0.25, 0.3) is 5.91 Å². The molecule has 164 valence electrons. The van der Waals surface area contributed by atoms with Crippen LogP contribution >= 0.6 is 0 Å². The second kappa shape index (κ2) is 7.55. The summed E-state index contributed by atoms with van der Waals surface area (Å²) in [6.45, 7) is 0. The Labute approximate surface area is 186 Å². The molecule has 3 aromatic heterocycles. The van der Waals surface area contributed by atoms with E-state index >= 15 is 0 Å². The van der Waals surface area contributed by atoms with Crippen LogP contribution in [-0.2, 0) is 9.59 Å². The van der Waals surface area contributed by atoms with E-state index in [-0.39, 0.29) is 18.3 Å². The Morgan fingerprint density at radius 3 is 2.82 bits per heavy atom. The third-order valence-electron chi connectivity index (χ3n) is 5.30. The van der Waals surface area contributed by atoms with Gasteiger partial charge >= 0.3 is 6.01 Å². The summed E-state index contributed by atoms with van der Waals surface area (Å²) in [6, 6.07) is 9.48. The van der Waals surface area contributed by atoms with Crippen LogP contribution in [0.3, 0.4) is 0 Å². The highest BCUT2D eigenvalue weighted by Gasteiger charge is 2.26. The van der Waals surface area contributed by atoms with Gasteiger partial charge in [-0.1, -0.05) is 17.3 Å². The van der Waals surface area contributed by atoms with Crippen molar-refractivity contribution in [2.45, 2.75) is 25.3 Å². The molecule has 2 amide bonds. The fourth-order valence-corrected chi connectivity index (χ4v) is 3.55. The van der Waals surface area contributed by atoms with E-state index < -0.39 is 5.91 Å². The average molecular weight is 443 g/mol. The lowest BCUT2D eigenvalue weighted by Crippen LogP contribution is -2.19. The van der Waals surface area contributed by atoms with Crippen LogP contribution in [0, 0.1) is 0 Å². The third-order valence-corrected chi connectivity index (χ3v) is 5.30. The van der Waals surface area contributed by atoms with Gasteiger partial charge in [0.15, 0.2) is 11.4 Å². The van der Waals surface area contributed by atoms with Crippen LogP contribution in [-0.4, -0.2) is 42.6 Å². The smallest absolute Gasteiger partial charge is 0.327 e. The SMILES string of the molecule is O=C1C/C(=C\c2cnn3c(NC4CC4)nc(Oc4ccccc4-c4ccno4)nc23)C(=O)N1. The van der Waals surface area contributed by atoms with Crippen molar-refractivity contribution in [3.8, 4) is 23.1 Å². The number of carbonyl (C=O) groups excluding carboxylic acids is 2. The van der Waals surface area contributed by atoms with Crippen molar-refractivity contribution in [1.82, 2.24) is 30.1 Å². The Morgan fingerprint density at radius 2 is 2.06 bits per heavy atom. The molecule has 1 aliphatic carbocycles. The van der Waals surface area contributed by atoms with Crippen molar-refractivity contribution in [3.05, 3.63) is 53.9 Å². The predicted molar refractivity (Wildman–Crippen MR) is 115 cm³/mol. The molecule has 4 aromatic rings. The molecule has 1 aliphatic heterocycles. The number of ether oxygens (including phenoxy) is 1. The minimum atomic E-state index is -0.415. The number of carbonyl (C=O) groups is 2. The van der Waals surface area contributed by atoms with Gasteiger partial charge in [-0.15, -0.1) is 0 Å². The number of fused-ring (bicyclic) bond motifs is 1. The van der Waals surface area contributed by atoms with Crippen LogP contribution < -0.4 is 15.4 Å². The first kappa shape index (κ1) is 19.2. The van der Waals surface area contributed by atoms with E-state index in [1.54, 1.807) is 35.1 Å². The van der Waals surface area contributed by atoms with E-state index in [0.29, 0.717) is 45.8 Å². The van der Waals surface area contributed by atoms with Gasteiger partial charge < -0.3 is 14.6 Å². The molecule has 1 saturated heterocycles. The summed E-state index contributed by atoms with van der Waals surface area (Å²) in [7, 11) is 0. The van der Waals surface area contributed by atoms with Gasteiger partial charge in [-0.05, 0) is 31.1 Å². The van der Waals surface area contributed by atoms with Crippen molar-refractivity contribution in [2.24, 2.45) is 0 Å². The van der Waals surface area contributed by atoms with E-state index in [0.717, 1.165) is 12.8 Å². The van der Waals surface area contributed by atoms with Gasteiger partial charge in [-0.2, -0.15) is 19.6 Å². The van der Waals surface area contributed by atoms with E-state index in [1.165, 1.54) is 0 Å². The number of amides is 2. The fraction of sp³-hybridized carbons (Fsp3) is 0.182. The number of aromatic nitrogens is 5. The zero-order valence-corrected chi connectivity index (χ0v) is 17.2. The fourth-order valence-electron chi connectivity index (χ4n) is 3.55. The summed E-state index contributed by atoms with van der Waals surface area (Å²) in [6.07, 6.45) is 6.84. The molecular formula is C22H17N7O4. The summed E-state index contributed by atoms with van der Waals surface area (Å²) >= 11 is 0. The molecule has 6 rings (SSSR count). The molecule has 0 spiro atoms. The summed E-state index contributed by atoms with van der Waals surface area (Å²) in [5, 5.41) is 13.8. The number of imide groups is 1. The van der Waals surface area contributed by atoms with E-state index in [2.05, 4.69) is 30.9 Å². The Hall–Kier alpha value is -4.54. The molecule has 2 aliphatic rings. The molecule has 1 saturated carbocycles. The molecular weight excluding hydrogens is 426 g/mol. The lowest BCUT2D eigenvalue weighted by atomic mass is 10.1.